The van der Waals surface area contributed by atoms with Crippen molar-refractivity contribution in [2.75, 3.05) is 0 Å². The first-order valence-electron chi connectivity index (χ1n) is 8.61. The van der Waals surface area contributed by atoms with E-state index < -0.39 is 11.9 Å². The minimum atomic E-state index is -1.19. The molecule has 0 radical (unpaired) electrons. The van der Waals surface area contributed by atoms with Crippen LogP contribution in [0.3, 0.4) is 0 Å². The third kappa shape index (κ3) is 4.48. The monoisotopic (exact) mass is 364 g/mol. The minimum Gasteiger partial charge on any atom is -0.472 e. The van der Waals surface area contributed by atoms with Gasteiger partial charge in [-0.05, 0) is 35.2 Å². The van der Waals surface area contributed by atoms with Crippen molar-refractivity contribution in [3.05, 3.63) is 60.2 Å². The highest BCUT2D eigenvalue weighted by Crippen LogP contribution is 2.58. The fraction of sp³-hybridized carbons (Fsp3) is 0.273. The Morgan fingerprint density at radius 1 is 1.07 bits per heavy atom. The maximum Gasteiger partial charge on any atom is 0.381 e. The maximum absolute atomic E-state index is 12.4. The van der Waals surface area contributed by atoms with E-state index in [4.69, 9.17) is 14.6 Å². The summed E-state index contributed by atoms with van der Waals surface area (Å²) >= 11 is 0. The van der Waals surface area contributed by atoms with Crippen LogP contribution in [-0.4, -0.2) is 17.0 Å². The Hall–Kier alpha value is -3.26. The normalized spacial score (nSPS) is 19.3. The third-order valence-corrected chi connectivity index (χ3v) is 4.67. The van der Waals surface area contributed by atoms with Gasteiger partial charge in [0.2, 0.25) is 0 Å². The molecule has 1 aliphatic rings. The molecule has 5 heteroatoms. The Morgan fingerprint density at radius 2 is 1.78 bits per heavy atom. The Kier molecular flexibility index (Phi) is 5.18. The van der Waals surface area contributed by atoms with Crippen LogP contribution in [0.25, 0.3) is 0 Å². The minimum absolute atomic E-state index is 0.122. The Morgan fingerprint density at radius 3 is 2.48 bits per heavy atom. The molecule has 0 amide bonds. The zero-order chi connectivity index (χ0) is 19.4. The number of carbonyl (C=O) groups excluding carboxylic acids is 1. The third-order valence-electron chi connectivity index (χ3n) is 4.67. The highest BCUT2D eigenvalue weighted by molar-refractivity contribution is 5.87. The SMILES string of the molecule is CC1(C)[C@H](C(=O)OCc2cccc(Oc3ccccc3)c2)[C@@H]1C#CC(=O)O. The fourth-order valence-electron chi connectivity index (χ4n) is 3.05. The number of carboxylic acid groups (broad SMARTS) is 1. The van der Waals surface area contributed by atoms with Gasteiger partial charge in [0.15, 0.2) is 0 Å². The summed E-state index contributed by atoms with van der Waals surface area (Å²) in [5.41, 5.74) is 0.432. The first kappa shape index (κ1) is 18.5. The predicted molar refractivity (Wildman–Crippen MR) is 98.9 cm³/mol. The molecule has 3 rings (SSSR count). The number of ether oxygens (including phenoxy) is 2. The lowest BCUT2D eigenvalue weighted by Crippen LogP contribution is -2.10. The first-order valence-corrected chi connectivity index (χ1v) is 8.61. The molecule has 0 spiro atoms. The standard InChI is InChI=1S/C22H20O5/c1-22(2)18(11-12-19(23)24)20(22)21(25)26-14-15-7-6-10-17(13-15)27-16-8-4-3-5-9-16/h3-10,13,18,20H,14H2,1-2H3,(H,23,24)/t18-,20-/m0/s1. The van der Waals surface area contributed by atoms with Crippen molar-refractivity contribution in [1.82, 2.24) is 0 Å². The Bertz CT molecular complexity index is 905. The summed E-state index contributed by atoms with van der Waals surface area (Å²) in [5.74, 6) is 3.86. The van der Waals surface area contributed by atoms with Crippen LogP contribution in [0.4, 0.5) is 0 Å². The van der Waals surface area contributed by atoms with Crippen LogP contribution in [0, 0.1) is 29.1 Å². The van der Waals surface area contributed by atoms with E-state index in [1.807, 2.05) is 68.4 Å². The fourth-order valence-corrected chi connectivity index (χ4v) is 3.05. The molecule has 0 saturated heterocycles. The average Bonchev–Trinajstić information content (AvgIpc) is 3.20. The van der Waals surface area contributed by atoms with Crippen molar-refractivity contribution < 1.29 is 24.2 Å². The topological polar surface area (TPSA) is 72.8 Å². The van der Waals surface area contributed by atoms with Crippen LogP contribution in [0.15, 0.2) is 54.6 Å². The first-order chi connectivity index (χ1) is 12.9. The summed E-state index contributed by atoms with van der Waals surface area (Å²) in [6.45, 7) is 3.89. The lowest BCUT2D eigenvalue weighted by atomic mass is 10.1. The van der Waals surface area contributed by atoms with Gasteiger partial charge in [-0.1, -0.05) is 50.1 Å². The molecule has 0 heterocycles. The number of hydrogen-bond donors (Lipinski definition) is 1. The quantitative estimate of drug-likeness (QED) is 0.644. The molecule has 5 nitrogen and oxygen atoms in total. The number of para-hydroxylation sites is 1. The van der Waals surface area contributed by atoms with Crippen LogP contribution in [0.2, 0.25) is 0 Å². The van der Waals surface area contributed by atoms with Gasteiger partial charge in [0.05, 0.1) is 5.92 Å². The predicted octanol–water partition coefficient (Wildman–Crippen LogP) is 3.88. The molecule has 2 aromatic rings. The largest absolute Gasteiger partial charge is 0.472 e. The van der Waals surface area contributed by atoms with Gasteiger partial charge < -0.3 is 14.6 Å². The Balaban J connectivity index is 1.59. The van der Waals surface area contributed by atoms with Gasteiger partial charge in [-0.2, -0.15) is 0 Å². The summed E-state index contributed by atoms with van der Waals surface area (Å²) < 4.78 is 11.2. The van der Waals surface area contributed by atoms with Gasteiger partial charge in [0.1, 0.15) is 18.1 Å². The number of carboxylic acids is 1. The van der Waals surface area contributed by atoms with Crippen molar-refractivity contribution in [3.63, 3.8) is 0 Å². The summed E-state index contributed by atoms with van der Waals surface area (Å²) in [6, 6.07) is 16.8. The maximum atomic E-state index is 12.4. The van der Waals surface area contributed by atoms with Crippen molar-refractivity contribution in [3.8, 4) is 23.3 Å². The molecule has 1 fully saturated rings. The summed E-state index contributed by atoms with van der Waals surface area (Å²) in [7, 11) is 0. The smallest absolute Gasteiger partial charge is 0.381 e. The number of rotatable bonds is 5. The molecule has 138 valence electrons. The van der Waals surface area contributed by atoms with Crippen molar-refractivity contribution in [2.24, 2.45) is 17.3 Å². The molecule has 0 aliphatic heterocycles. The van der Waals surface area contributed by atoms with Gasteiger partial charge in [0, 0.05) is 11.8 Å². The number of hydrogen-bond acceptors (Lipinski definition) is 4. The number of benzene rings is 2. The van der Waals surface area contributed by atoms with Crippen LogP contribution in [0.5, 0.6) is 11.5 Å². The molecule has 1 saturated carbocycles. The zero-order valence-electron chi connectivity index (χ0n) is 15.1. The van der Waals surface area contributed by atoms with E-state index in [1.54, 1.807) is 0 Å². The second-order valence-electron chi connectivity index (χ2n) is 7.02. The molecule has 27 heavy (non-hydrogen) atoms. The van der Waals surface area contributed by atoms with Gasteiger partial charge in [-0.25, -0.2) is 4.79 Å². The summed E-state index contributed by atoms with van der Waals surface area (Å²) in [4.78, 5) is 22.9. The van der Waals surface area contributed by atoms with E-state index in [0.29, 0.717) is 5.75 Å². The van der Waals surface area contributed by atoms with Crippen LogP contribution in [-0.2, 0) is 20.9 Å². The van der Waals surface area contributed by atoms with Gasteiger partial charge in [-0.15, -0.1) is 0 Å². The van der Waals surface area contributed by atoms with Crippen molar-refractivity contribution in [2.45, 2.75) is 20.5 Å². The van der Waals surface area contributed by atoms with Gasteiger partial charge in [-0.3, -0.25) is 4.79 Å². The van der Waals surface area contributed by atoms with E-state index in [-0.39, 0.29) is 23.9 Å². The molecule has 1 N–H and O–H groups in total. The molecule has 1 aliphatic carbocycles. The highest BCUT2D eigenvalue weighted by Gasteiger charge is 2.62. The summed E-state index contributed by atoms with van der Waals surface area (Å²) in [6.07, 6.45) is 0. The molecular formula is C22H20O5. The van der Waals surface area contributed by atoms with Gasteiger partial charge >= 0.3 is 11.9 Å². The van der Waals surface area contributed by atoms with E-state index in [9.17, 15) is 9.59 Å². The molecular weight excluding hydrogens is 344 g/mol. The molecule has 0 aromatic heterocycles. The van der Waals surface area contributed by atoms with Crippen molar-refractivity contribution >= 4 is 11.9 Å². The number of esters is 1. The van der Waals surface area contributed by atoms with Gasteiger partial charge in [0.25, 0.3) is 0 Å². The van der Waals surface area contributed by atoms with Crippen molar-refractivity contribution in [1.29, 1.82) is 0 Å². The van der Waals surface area contributed by atoms with E-state index in [2.05, 4.69) is 11.8 Å². The average molecular weight is 364 g/mol. The zero-order valence-corrected chi connectivity index (χ0v) is 15.1. The molecule has 0 unspecified atom stereocenters. The summed E-state index contributed by atoms with van der Waals surface area (Å²) in [5, 5.41) is 8.67. The number of carbonyl (C=O) groups is 2. The van der Waals surface area contributed by atoms with E-state index >= 15 is 0 Å². The molecule has 2 aromatic carbocycles. The second-order valence-corrected chi connectivity index (χ2v) is 7.02. The number of aliphatic carboxylic acids is 1. The highest BCUT2D eigenvalue weighted by atomic mass is 16.5. The second kappa shape index (κ2) is 7.55. The van der Waals surface area contributed by atoms with Crippen LogP contribution < -0.4 is 4.74 Å². The molecule has 0 bridgehead atoms. The molecule has 2 atom stereocenters. The van der Waals surface area contributed by atoms with E-state index in [1.165, 1.54) is 0 Å². The lowest BCUT2D eigenvalue weighted by molar-refractivity contribution is -0.147. The lowest BCUT2D eigenvalue weighted by Gasteiger charge is -2.09. The van der Waals surface area contributed by atoms with E-state index in [0.717, 1.165) is 11.3 Å². The van der Waals surface area contributed by atoms with Crippen LogP contribution in [0.1, 0.15) is 19.4 Å². The Labute approximate surface area is 157 Å². The van der Waals surface area contributed by atoms with Crippen LogP contribution >= 0.6 is 0 Å².